The number of carbonyl (C=O) groups is 2. The first-order valence-electron chi connectivity index (χ1n) is 14.8. The molecule has 1 saturated heterocycles. The standard InChI is InChI=1S/C32H36N6O3/c1-41-25-8-9-27-22(17-25)10-15-37(32(40)35-27)24-11-13-36(14-12-24)30-18-28(33-20-34-30)31(39)38-19-23(16-21-6-7-21)26-4-2-3-5-29(26)38/h2-5,8-9,17-18,20-21,23-24H,6-7,10-16,19H2,1H3,(H,35,40). The number of fused-ring (bicyclic) bond motifs is 2. The Morgan fingerprint density at radius 2 is 1.85 bits per heavy atom. The number of hydrogen-bond donors (Lipinski definition) is 1. The van der Waals surface area contributed by atoms with E-state index in [1.54, 1.807) is 7.11 Å². The van der Waals surface area contributed by atoms with E-state index in [1.807, 2.05) is 40.1 Å². The lowest BCUT2D eigenvalue weighted by Crippen LogP contribution is -2.49. The number of ether oxygens (including phenoxy) is 1. The van der Waals surface area contributed by atoms with E-state index >= 15 is 0 Å². The van der Waals surface area contributed by atoms with Crippen molar-refractivity contribution in [1.29, 1.82) is 0 Å². The summed E-state index contributed by atoms with van der Waals surface area (Å²) >= 11 is 0. The first-order chi connectivity index (χ1) is 20.1. The fourth-order valence-electron chi connectivity index (χ4n) is 6.73. The van der Waals surface area contributed by atoms with Gasteiger partial charge in [0, 0.05) is 55.6 Å². The first-order valence-corrected chi connectivity index (χ1v) is 14.8. The zero-order valence-electron chi connectivity index (χ0n) is 23.5. The average molecular weight is 553 g/mol. The highest BCUT2D eigenvalue weighted by Crippen LogP contribution is 2.45. The predicted molar refractivity (Wildman–Crippen MR) is 158 cm³/mol. The third kappa shape index (κ3) is 5.09. The minimum atomic E-state index is -0.0632. The molecule has 3 aliphatic heterocycles. The van der Waals surface area contributed by atoms with Crippen LogP contribution in [0.5, 0.6) is 5.75 Å². The molecule has 0 spiro atoms. The molecule has 0 radical (unpaired) electrons. The Morgan fingerprint density at radius 3 is 2.66 bits per heavy atom. The average Bonchev–Trinajstić information content (AvgIpc) is 3.79. The number of aromatic nitrogens is 2. The van der Waals surface area contributed by atoms with Crippen LogP contribution in [0.15, 0.2) is 54.9 Å². The van der Waals surface area contributed by atoms with Crippen LogP contribution in [0.2, 0.25) is 0 Å². The van der Waals surface area contributed by atoms with Gasteiger partial charge in [0.1, 0.15) is 23.6 Å². The quantitative estimate of drug-likeness (QED) is 0.458. The molecule has 9 nitrogen and oxygen atoms in total. The van der Waals surface area contributed by atoms with Gasteiger partial charge in [-0.25, -0.2) is 14.8 Å². The molecule has 4 aliphatic rings. The summed E-state index contributed by atoms with van der Waals surface area (Å²) in [5.74, 6) is 2.70. The molecule has 3 aromatic rings. The Labute approximate surface area is 240 Å². The number of carbonyl (C=O) groups excluding carboxylic acids is 2. The van der Waals surface area contributed by atoms with Crippen molar-refractivity contribution in [2.75, 3.05) is 48.4 Å². The number of piperidine rings is 1. The third-order valence-electron chi connectivity index (χ3n) is 9.17. The zero-order valence-corrected chi connectivity index (χ0v) is 23.5. The van der Waals surface area contributed by atoms with Crippen LogP contribution in [-0.2, 0) is 6.42 Å². The van der Waals surface area contributed by atoms with E-state index in [9.17, 15) is 9.59 Å². The molecule has 4 heterocycles. The molecule has 41 heavy (non-hydrogen) atoms. The Bertz CT molecular complexity index is 1470. The number of amides is 3. The number of nitrogens with one attached hydrogen (secondary N) is 1. The number of para-hydroxylation sites is 1. The molecule has 1 atom stereocenters. The first kappa shape index (κ1) is 25.8. The largest absolute Gasteiger partial charge is 0.497 e. The van der Waals surface area contributed by atoms with Gasteiger partial charge in [-0.1, -0.05) is 31.0 Å². The van der Waals surface area contributed by atoms with Crippen molar-refractivity contribution in [3.63, 3.8) is 0 Å². The fourth-order valence-corrected chi connectivity index (χ4v) is 6.73. The molecule has 1 aromatic heterocycles. The van der Waals surface area contributed by atoms with Gasteiger partial charge in [-0.05, 0) is 67.0 Å². The number of rotatable bonds is 6. The summed E-state index contributed by atoms with van der Waals surface area (Å²) in [6.07, 6.45) is 7.73. The summed E-state index contributed by atoms with van der Waals surface area (Å²) in [7, 11) is 1.66. The van der Waals surface area contributed by atoms with Gasteiger partial charge in [0.05, 0.1) is 7.11 Å². The monoisotopic (exact) mass is 552 g/mol. The van der Waals surface area contributed by atoms with Crippen LogP contribution in [-0.4, -0.2) is 66.1 Å². The van der Waals surface area contributed by atoms with Crippen molar-refractivity contribution in [3.05, 3.63) is 71.7 Å². The van der Waals surface area contributed by atoms with Gasteiger partial charge in [-0.15, -0.1) is 0 Å². The van der Waals surface area contributed by atoms with Crippen molar-refractivity contribution < 1.29 is 14.3 Å². The molecule has 3 amide bonds. The summed E-state index contributed by atoms with van der Waals surface area (Å²) in [6, 6.07) is 16.0. The van der Waals surface area contributed by atoms with Crippen LogP contribution in [0.25, 0.3) is 0 Å². The molecule has 0 bridgehead atoms. The van der Waals surface area contributed by atoms with Crippen LogP contribution < -0.4 is 19.9 Å². The van der Waals surface area contributed by atoms with Crippen molar-refractivity contribution in [2.24, 2.45) is 5.92 Å². The second kappa shape index (κ2) is 10.7. The second-order valence-electron chi connectivity index (χ2n) is 11.7. The maximum Gasteiger partial charge on any atom is 0.322 e. The van der Waals surface area contributed by atoms with E-state index in [0.717, 1.165) is 73.2 Å². The van der Waals surface area contributed by atoms with Crippen molar-refractivity contribution in [1.82, 2.24) is 14.9 Å². The lowest BCUT2D eigenvalue weighted by molar-refractivity contribution is 0.0982. The minimum absolute atomic E-state index is 0.0480. The van der Waals surface area contributed by atoms with Crippen LogP contribution >= 0.6 is 0 Å². The van der Waals surface area contributed by atoms with Crippen molar-refractivity contribution in [2.45, 2.75) is 50.5 Å². The van der Waals surface area contributed by atoms with Gasteiger partial charge in [0.15, 0.2) is 0 Å². The molecule has 1 N–H and O–H groups in total. The number of anilines is 3. The zero-order chi connectivity index (χ0) is 27.9. The Hall–Kier alpha value is -4.14. The number of methoxy groups -OCH3 is 1. The second-order valence-corrected chi connectivity index (χ2v) is 11.7. The summed E-state index contributed by atoms with van der Waals surface area (Å²) in [5, 5.41) is 3.09. The number of urea groups is 1. The molecule has 9 heteroatoms. The maximum absolute atomic E-state index is 13.7. The van der Waals surface area contributed by atoms with Crippen LogP contribution in [0, 0.1) is 5.92 Å². The minimum Gasteiger partial charge on any atom is -0.497 e. The van der Waals surface area contributed by atoms with Gasteiger partial charge in [0.25, 0.3) is 5.91 Å². The van der Waals surface area contributed by atoms with E-state index < -0.39 is 0 Å². The van der Waals surface area contributed by atoms with E-state index in [0.29, 0.717) is 24.7 Å². The lowest BCUT2D eigenvalue weighted by atomic mass is 9.96. The summed E-state index contributed by atoms with van der Waals surface area (Å²) in [4.78, 5) is 41.8. The highest BCUT2D eigenvalue weighted by molar-refractivity contribution is 6.06. The van der Waals surface area contributed by atoms with E-state index in [2.05, 4.69) is 38.4 Å². The summed E-state index contributed by atoms with van der Waals surface area (Å²) in [6.45, 7) is 2.90. The molecule has 1 unspecified atom stereocenters. The Morgan fingerprint density at radius 1 is 1.02 bits per heavy atom. The van der Waals surface area contributed by atoms with Gasteiger partial charge in [0.2, 0.25) is 0 Å². The van der Waals surface area contributed by atoms with Crippen LogP contribution in [0.4, 0.5) is 22.0 Å². The highest BCUT2D eigenvalue weighted by Gasteiger charge is 2.37. The topological polar surface area (TPSA) is 90.9 Å². The van der Waals surface area contributed by atoms with Gasteiger partial charge in [-0.3, -0.25) is 4.79 Å². The molecule has 2 aromatic carbocycles. The Kier molecular flexibility index (Phi) is 6.73. The molecule has 2 fully saturated rings. The third-order valence-corrected chi connectivity index (χ3v) is 9.17. The van der Waals surface area contributed by atoms with Crippen LogP contribution in [0.3, 0.4) is 0 Å². The Balaban J connectivity index is 1.01. The van der Waals surface area contributed by atoms with Crippen LogP contribution in [0.1, 0.15) is 59.6 Å². The normalized spacial score (nSPS) is 20.8. The van der Waals surface area contributed by atoms with E-state index in [-0.39, 0.29) is 18.0 Å². The smallest absolute Gasteiger partial charge is 0.322 e. The number of nitrogens with zero attached hydrogens (tertiary/aromatic N) is 5. The molecular weight excluding hydrogens is 516 g/mol. The number of benzene rings is 2. The summed E-state index contributed by atoms with van der Waals surface area (Å²) < 4.78 is 5.37. The molecule has 1 saturated carbocycles. The molecule has 212 valence electrons. The van der Waals surface area contributed by atoms with E-state index in [4.69, 9.17) is 4.74 Å². The molecule has 7 rings (SSSR count). The predicted octanol–water partition coefficient (Wildman–Crippen LogP) is 5.09. The van der Waals surface area contributed by atoms with Crippen molar-refractivity contribution >= 4 is 29.1 Å². The van der Waals surface area contributed by atoms with Gasteiger partial charge < -0.3 is 24.8 Å². The van der Waals surface area contributed by atoms with E-state index in [1.165, 1.54) is 24.7 Å². The maximum atomic E-state index is 13.7. The fraction of sp³-hybridized carbons (Fsp3) is 0.438. The van der Waals surface area contributed by atoms with Crippen molar-refractivity contribution in [3.8, 4) is 5.75 Å². The molecular formula is C32H36N6O3. The number of hydrogen-bond acceptors (Lipinski definition) is 6. The van der Waals surface area contributed by atoms with Gasteiger partial charge in [-0.2, -0.15) is 0 Å². The van der Waals surface area contributed by atoms with Gasteiger partial charge >= 0.3 is 6.03 Å². The SMILES string of the molecule is COc1ccc2c(c1)CCN(C1CCN(c3cc(C(=O)N4CC(CC5CC5)c5ccccc54)ncn3)CC1)C(=O)N2. The highest BCUT2D eigenvalue weighted by atomic mass is 16.5. The lowest BCUT2D eigenvalue weighted by Gasteiger charge is -2.38. The summed E-state index contributed by atoms with van der Waals surface area (Å²) in [5.41, 5.74) is 4.67. The molecule has 1 aliphatic carbocycles.